The first-order valence-electron chi connectivity index (χ1n) is 9.29. The minimum Gasteiger partial charge on any atom is -0.361 e. The Kier molecular flexibility index (Phi) is 5.33. The Hall–Kier alpha value is -3.55. The first-order chi connectivity index (χ1) is 14.2. The number of hydrogen-bond acceptors (Lipinski definition) is 2. The molecule has 0 atom stereocenters. The van der Waals surface area contributed by atoms with Crippen molar-refractivity contribution >= 4 is 28.4 Å². The molecular weight excluding hydrogens is 382 g/mol. The lowest BCUT2D eigenvalue weighted by molar-refractivity contribution is 0.0954. The molecule has 0 saturated heterocycles. The van der Waals surface area contributed by atoms with Gasteiger partial charge in [-0.2, -0.15) is 5.26 Å². The van der Waals surface area contributed by atoms with Gasteiger partial charge in [0.2, 0.25) is 0 Å². The van der Waals surface area contributed by atoms with Crippen LogP contribution in [0.5, 0.6) is 0 Å². The summed E-state index contributed by atoms with van der Waals surface area (Å²) in [6.07, 6.45) is 2.66. The zero-order valence-corrected chi connectivity index (χ0v) is 16.3. The number of amides is 1. The number of H-pyrrole nitrogens is 1. The van der Waals surface area contributed by atoms with E-state index in [1.165, 1.54) is 0 Å². The van der Waals surface area contributed by atoms with Crippen LogP contribution in [0.4, 0.5) is 0 Å². The molecule has 1 heterocycles. The van der Waals surface area contributed by atoms with Gasteiger partial charge in [0.1, 0.15) is 0 Å². The SMILES string of the molecule is N#Cc1ccccc1-c1ccc(C(=O)NCCc2c[nH]c3ccc(Cl)cc23)cc1. The number of halogens is 1. The highest BCUT2D eigenvalue weighted by atomic mass is 35.5. The molecule has 1 aromatic heterocycles. The van der Waals surface area contributed by atoms with E-state index >= 15 is 0 Å². The Labute approximate surface area is 173 Å². The first-order valence-corrected chi connectivity index (χ1v) is 9.67. The van der Waals surface area contributed by atoms with Gasteiger partial charge in [-0.25, -0.2) is 0 Å². The van der Waals surface area contributed by atoms with Crippen LogP contribution in [0.3, 0.4) is 0 Å². The molecule has 0 spiro atoms. The molecule has 0 radical (unpaired) electrons. The number of benzene rings is 3. The highest BCUT2D eigenvalue weighted by molar-refractivity contribution is 6.31. The fourth-order valence-corrected chi connectivity index (χ4v) is 3.58. The van der Waals surface area contributed by atoms with E-state index in [9.17, 15) is 10.1 Å². The topological polar surface area (TPSA) is 68.7 Å². The highest BCUT2D eigenvalue weighted by Crippen LogP contribution is 2.24. The van der Waals surface area contributed by atoms with E-state index in [-0.39, 0.29) is 5.91 Å². The largest absolute Gasteiger partial charge is 0.361 e. The minimum absolute atomic E-state index is 0.122. The van der Waals surface area contributed by atoms with E-state index in [1.54, 1.807) is 18.2 Å². The van der Waals surface area contributed by atoms with Crippen LogP contribution < -0.4 is 5.32 Å². The van der Waals surface area contributed by atoms with Gasteiger partial charge < -0.3 is 10.3 Å². The van der Waals surface area contributed by atoms with Crippen molar-refractivity contribution in [3.8, 4) is 17.2 Å². The maximum atomic E-state index is 12.5. The van der Waals surface area contributed by atoms with Crippen LogP contribution >= 0.6 is 11.6 Å². The zero-order chi connectivity index (χ0) is 20.2. The molecular formula is C24H18ClN3O. The van der Waals surface area contributed by atoms with Gasteiger partial charge in [0.15, 0.2) is 0 Å². The van der Waals surface area contributed by atoms with Gasteiger partial charge in [0, 0.05) is 34.2 Å². The summed E-state index contributed by atoms with van der Waals surface area (Å²) in [7, 11) is 0. The van der Waals surface area contributed by atoms with Gasteiger partial charge in [-0.15, -0.1) is 0 Å². The molecule has 0 aliphatic heterocycles. The van der Waals surface area contributed by atoms with Crippen molar-refractivity contribution in [3.05, 3.63) is 94.6 Å². The van der Waals surface area contributed by atoms with Gasteiger partial charge >= 0.3 is 0 Å². The van der Waals surface area contributed by atoms with Crippen LogP contribution in [0.15, 0.2) is 72.9 Å². The van der Waals surface area contributed by atoms with E-state index in [2.05, 4.69) is 16.4 Å². The van der Waals surface area contributed by atoms with Gasteiger partial charge in [0.05, 0.1) is 11.6 Å². The number of aromatic amines is 1. The summed E-state index contributed by atoms with van der Waals surface area (Å²) in [6.45, 7) is 0.525. The Morgan fingerprint density at radius 1 is 1.07 bits per heavy atom. The minimum atomic E-state index is -0.122. The molecule has 142 valence electrons. The average Bonchev–Trinajstić information content (AvgIpc) is 3.15. The van der Waals surface area contributed by atoms with Crippen molar-refractivity contribution in [2.75, 3.05) is 6.54 Å². The van der Waals surface area contributed by atoms with Crippen molar-refractivity contribution in [3.63, 3.8) is 0 Å². The summed E-state index contributed by atoms with van der Waals surface area (Å²) in [5.41, 5.74) is 5.12. The number of rotatable bonds is 5. The van der Waals surface area contributed by atoms with Gasteiger partial charge in [-0.05, 0) is 59.5 Å². The molecule has 0 aliphatic rings. The summed E-state index contributed by atoms with van der Waals surface area (Å²) in [6, 6.07) is 22.7. The Morgan fingerprint density at radius 2 is 1.86 bits per heavy atom. The summed E-state index contributed by atoms with van der Waals surface area (Å²) < 4.78 is 0. The molecule has 0 unspecified atom stereocenters. The highest BCUT2D eigenvalue weighted by Gasteiger charge is 2.09. The summed E-state index contributed by atoms with van der Waals surface area (Å²) in [4.78, 5) is 15.7. The third-order valence-corrected chi connectivity index (χ3v) is 5.15. The maximum absolute atomic E-state index is 12.5. The smallest absolute Gasteiger partial charge is 0.251 e. The van der Waals surface area contributed by atoms with Crippen LogP contribution in [0, 0.1) is 11.3 Å². The molecule has 1 amide bonds. The molecule has 5 heteroatoms. The third-order valence-electron chi connectivity index (χ3n) is 4.91. The quantitative estimate of drug-likeness (QED) is 0.476. The van der Waals surface area contributed by atoms with Crippen molar-refractivity contribution in [1.82, 2.24) is 10.3 Å². The molecule has 2 N–H and O–H groups in total. The van der Waals surface area contributed by atoms with E-state index < -0.39 is 0 Å². The summed E-state index contributed by atoms with van der Waals surface area (Å²) in [5, 5.41) is 14.0. The standard InChI is InChI=1S/C24H18ClN3O/c25-20-9-10-23-22(13-20)19(15-28-23)11-12-27-24(29)17-7-5-16(6-8-17)21-4-2-1-3-18(21)14-26/h1-10,13,15,28H,11-12H2,(H,27,29). The van der Waals surface area contributed by atoms with Gasteiger partial charge in [-0.3, -0.25) is 4.79 Å². The number of carbonyl (C=O) groups is 1. The van der Waals surface area contributed by atoms with Gasteiger partial charge in [-0.1, -0.05) is 41.9 Å². The van der Waals surface area contributed by atoms with Crippen molar-refractivity contribution in [1.29, 1.82) is 5.26 Å². The maximum Gasteiger partial charge on any atom is 0.251 e. The lowest BCUT2D eigenvalue weighted by atomic mass is 9.99. The van der Waals surface area contributed by atoms with Crippen LogP contribution in [0.25, 0.3) is 22.0 Å². The molecule has 0 fully saturated rings. The van der Waals surface area contributed by atoms with Crippen molar-refractivity contribution in [2.45, 2.75) is 6.42 Å². The number of nitriles is 1. The molecule has 3 aromatic carbocycles. The van der Waals surface area contributed by atoms with Crippen LogP contribution in [-0.2, 0) is 6.42 Å². The average molecular weight is 400 g/mol. The molecule has 0 bridgehead atoms. The number of nitrogens with zero attached hydrogens (tertiary/aromatic N) is 1. The lowest BCUT2D eigenvalue weighted by Crippen LogP contribution is -2.25. The molecule has 0 aliphatic carbocycles. The van der Waals surface area contributed by atoms with E-state index in [0.29, 0.717) is 29.1 Å². The van der Waals surface area contributed by atoms with E-state index in [4.69, 9.17) is 11.6 Å². The predicted molar refractivity (Wildman–Crippen MR) is 116 cm³/mol. The molecule has 0 saturated carbocycles. The molecule has 4 aromatic rings. The second-order valence-corrected chi connectivity index (χ2v) is 7.18. The van der Waals surface area contributed by atoms with Gasteiger partial charge in [0.25, 0.3) is 5.91 Å². The van der Waals surface area contributed by atoms with Crippen LogP contribution in [0.1, 0.15) is 21.5 Å². The number of nitrogens with one attached hydrogen (secondary N) is 2. The third kappa shape index (κ3) is 4.01. The Morgan fingerprint density at radius 3 is 2.66 bits per heavy atom. The first kappa shape index (κ1) is 18.8. The monoisotopic (exact) mass is 399 g/mol. The Balaban J connectivity index is 1.41. The summed E-state index contributed by atoms with van der Waals surface area (Å²) in [5.74, 6) is -0.122. The number of fused-ring (bicyclic) bond motifs is 1. The normalized spacial score (nSPS) is 10.6. The summed E-state index contributed by atoms with van der Waals surface area (Å²) >= 11 is 6.09. The van der Waals surface area contributed by atoms with Crippen molar-refractivity contribution in [2.24, 2.45) is 0 Å². The lowest BCUT2D eigenvalue weighted by Gasteiger charge is -2.07. The fraction of sp³-hybridized carbons (Fsp3) is 0.0833. The zero-order valence-electron chi connectivity index (χ0n) is 15.6. The number of carbonyl (C=O) groups excluding carboxylic acids is 1. The number of hydrogen-bond donors (Lipinski definition) is 2. The molecule has 4 nitrogen and oxygen atoms in total. The fourth-order valence-electron chi connectivity index (χ4n) is 3.40. The van der Waals surface area contributed by atoms with Crippen LogP contribution in [-0.4, -0.2) is 17.4 Å². The van der Waals surface area contributed by atoms with Crippen LogP contribution in [0.2, 0.25) is 5.02 Å². The van der Waals surface area contributed by atoms with E-state index in [0.717, 1.165) is 27.6 Å². The molecule has 29 heavy (non-hydrogen) atoms. The Bertz CT molecular complexity index is 1220. The second-order valence-electron chi connectivity index (χ2n) is 6.74. The van der Waals surface area contributed by atoms with Crippen molar-refractivity contribution < 1.29 is 4.79 Å². The second kappa shape index (κ2) is 8.22. The molecule has 4 rings (SSSR count). The van der Waals surface area contributed by atoms with E-state index in [1.807, 2.05) is 54.7 Å². The number of aromatic nitrogens is 1. The predicted octanol–water partition coefficient (Wildman–Crippen LogP) is 5.33.